The van der Waals surface area contributed by atoms with E-state index in [4.69, 9.17) is 17.0 Å². The van der Waals surface area contributed by atoms with Crippen molar-refractivity contribution in [3.8, 4) is 0 Å². The molecule has 0 spiro atoms. The summed E-state index contributed by atoms with van der Waals surface area (Å²) in [6.07, 6.45) is 1.19. The van der Waals surface area contributed by atoms with Crippen LogP contribution in [0.1, 0.15) is 6.42 Å². The Kier molecular flexibility index (Phi) is 4.18. The maximum Gasteiger partial charge on any atom is 0.0917 e. The number of methoxy groups -OCH3 is 1. The van der Waals surface area contributed by atoms with Crippen LogP contribution in [-0.2, 0) is 4.74 Å². The van der Waals surface area contributed by atoms with Crippen molar-refractivity contribution in [1.82, 2.24) is 5.32 Å². The van der Waals surface area contributed by atoms with Crippen molar-refractivity contribution in [3.63, 3.8) is 0 Å². The second-order valence-electron chi connectivity index (χ2n) is 2.55. The zero-order valence-corrected chi connectivity index (χ0v) is 8.26. The van der Waals surface area contributed by atoms with Gasteiger partial charge in [-0.25, -0.2) is 0 Å². The molecule has 0 aromatic heterocycles. The van der Waals surface area contributed by atoms with Gasteiger partial charge in [0.15, 0.2) is 0 Å². The predicted octanol–water partition coefficient (Wildman–Crippen LogP) is 1.26. The number of rotatable bonds is 4. The minimum Gasteiger partial charge on any atom is -0.379 e. The average Bonchev–Trinajstić information content (AvgIpc) is 2.37. The predicted molar refractivity (Wildman–Crippen MR) is 53.0 cm³/mol. The lowest BCUT2D eigenvalue weighted by Crippen LogP contribution is -2.18. The molecule has 4 heteroatoms. The summed E-state index contributed by atoms with van der Waals surface area (Å²) in [5, 5.41) is 3.17. The van der Waals surface area contributed by atoms with Crippen molar-refractivity contribution in [1.29, 1.82) is 0 Å². The third-order valence-corrected chi connectivity index (χ3v) is 3.20. The van der Waals surface area contributed by atoms with Crippen LogP contribution < -0.4 is 5.32 Å². The van der Waals surface area contributed by atoms with E-state index in [1.54, 1.807) is 18.9 Å². The number of ether oxygens (including phenoxy) is 1. The molecule has 0 aromatic rings. The molecule has 0 radical (unpaired) electrons. The summed E-state index contributed by atoms with van der Waals surface area (Å²) in [6, 6.07) is 0. The fourth-order valence-electron chi connectivity index (χ4n) is 1.08. The van der Waals surface area contributed by atoms with E-state index < -0.39 is 0 Å². The maximum atomic E-state index is 5.12. The van der Waals surface area contributed by atoms with Crippen molar-refractivity contribution in [2.45, 2.75) is 6.42 Å². The molecule has 1 unspecified atom stereocenters. The van der Waals surface area contributed by atoms with E-state index in [0.29, 0.717) is 5.92 Å². The van der Waals surface area contributed by atoms with E-state index in [1.807, 2.05) is 0 Å². The third kappa shape index (κ3) is 2.97. The van der Waals surface area contributed by atoms with Gasteiger partial charge in [0.1, 0.15) is 0 Å². The van der Waals surface area contributed by atoms with Crippen LogP contribution in [-0.4, -0.2) is 30.3 Å². The topological polar surface area (TPSA) is 21.3 Å². The molecule has 1 saturated heterocycles. The molecule has 0 amide bonds. The van der Waals surface area contributed by atoms with Gasteiger partial charge in [0.25, 0.3) is 0 Å². The molecule has 1 aliphatic rings. The molecule has 64 valence electrons. The number of thiocarbonyl (C=S) groups is 1. The highest BCUT2D eigenvalue weighted by atomic mass is 32.2. The first-order valence-electron chi connectivity index (χ1n) is 3.69. The van der Waals surface area contributed by atoms with Gasteiger partial charge >= 0.3 is 0 Å². The van der Waals surface area contributed by atoms with Gasteiger partial charge in [-0.1, -0.05) is 12.2 Å². The van der Waals surface area contributed by atoms with E-state index in [1.165, 1.54) is 6.42 Å². The van der Waals surface area contributed by atoms with Gasteiger partial charge in [-0.2, -0.15) is 0 Å². The number of hydrogen-bond acceptors (Lipinski definition) is 3. The number of thioether (sulfide) groups is 1. The molecule has 0 aromatic carbocycles. The largest absolute Gasteiger partial charge is 0.379 e. The van der Waals surface area contributed by atoms with Crippen molar-refractivity contribution >= 4 is 29.0 Å². The van der Waals surface area contributed by atoms with Gasteiger partial charge in [0.05, 0.1) is 10.9 Å². The lowest BCUT2D eigenvalue weighted by atomic mass is 10.2. The average molecular weight is 191 g/mol. The Labute approximate surface area is 77.1 Å². The molecule has 1 fully saturated rings. The second-order valence-corrected chi connectivity index (χ2v) is 3.97. The molecular formula is C7H13NOS2. The first-order valence-corrected chi connectivity index (χ1v) is 5.25. The molecule has 1 atom stereocenters. The Morgan fingerprint density at radius 1 is 1.82 bits per heavy atom. The fourth-order valence-corrected chi connectivity index (χ4v) is 2.37. The van der Waals surface area contributed by atoms with Crippen LogP contribution in [0.25, 0.3) is 0 Å². The fraction of sp³-hybridized carbons (Fsp3) is 0.857. The first-order chi connectivity index (χ1) is 5.34. The van der Waals surface area contributed by atoms with Crippen molar-refractivity contribution < 1.29 is 4.74 Å². The summed E-state index contributed by atoms with van der Waals surface area (Å²) >= 11 is 6.93. The Morgan fingerprint density at radius 2 is 2.64 bits per heavy atom. The van der Waals surface area contributed by atoms with Crippen LogP contribution in [0.2, 0.25) is 0 Å². The van der Waals surface area contributed by atoms with Gasteiger partial charge in [-0.15, -0.1) is 11.8 Å². The highest BCUT2D eigenvalue weighted by molar-refractivity contribution is 7.99. The van der Waals surface area contributed by atoms with E-state index in [-0.39, 0.29) is 0 Å². The molecule has 0 aliphatic carbocycles. The minimum absolute atomic E-state index is 0.588. The SMILES string of the molecule is COCSCC1CCNC1=S. The smallest absolute Gasteiger partial charge is 0.0917 e. The first kappa shape index (κ1) is 9.29. The van der Waals surface area contributed by atoms with Gasteiger partial charge in [-0.3, -0.25) is 0 Å². The van der Waals surface area contributed by atoms with Crippen molar-refractivity contribution in [3.05, 3.63) is 0 Å². The van der Waals surface area contributed by atoms with Gasteiger partial charge < -0.3 is 10.1 Å². The summed E-state index contributed by atoms with van der Waals surface area (Å²) in [5.41, 5.74) is 0. The Balaban J connectivity index is 2.10. The minimum atomic E-state index is 0.588. The van der Waals surface area contributed by atoms with Gasteiger partial charge in [0.2, 0.25) is 0 Å². The van der Waals surface area contributed by atoms with Crippen LogP contribution in [0.5, 0.6) is 0 Å². The molecule has 1 heterocycles. The number of hydrogen-bond donors (Lipinski definition) is 1. The quantitative estimate of drug-likeness (QED) is 0.410. The second kappa shape index (κ2) is 4.95. The molecule has 1 N–H and O–H groups in total. The van der Waals surface area contributed by atoms with Crippen molar-refractivity contribution in [2.24, 2.45) is 5.92 Å². The summed E-state index contributed by atoms with van der Waals surface area (Å²) in [4.78, 5) is 1.04. The van der Waals surface area contributed by atoms with E-state index >= 15 is 0 Å². The molecule has 1 rings (SSSR count). The normalized spacial score (nSPS) is 23.7. The lowest BCUT2D eigenvalue weighted by molar-refractivity contribution is 0.258. The van der Waals surface area contributed by atoms with E-state index in [9.17, 15) is 0 Å². The van der Waals surface area contributed by atoms with E-state index in [2.05, 4.69) is 5.32 Å². The van der Waals surface area contributed by atoms with Crippen LogP contribution in [0.15, 0.2) is 0 Å². The summed E-state index contributed by atoms with van der Waals surface area (Å²) in [5.74, 6) is 2.46. The highest BCUT2D eigenvalue weighted by Gasteiger charge is 2.19. The van der Waals surface area contributed by atoms with Gasteiger partial charge in [0, 0.05) is 25.3 Å². The Hall–Kier alpha value is 0.200. The molecule has 2 nitrogen and oxygen atoms in total. The Bertz CT molecular complexity index is 140. The van der Waals surface area contributed by atoms with Crippen molar-refractivity contribution in [2.75, 3.05) is 25.3 Å². The Morgan fingerprint density at radius 3 is 3.18 bits per heavy atom. The van der Waals surface area contributed by atoms with Crippen LogP contribution in [0.4, 0.5) is 0 Å². The summed E-state index contributed by atoms with van der Waals surface area (Å²) in [7, 11) is 1.72. The summed E-state index contributed by atoms with van der Waals surface area (Å²) < 4.78 is 4.94. The zero-order chi connectivity index (χ0) is 8.10. The molecule has 1 aliphatic heterocycles. The summed E-state index contributed by atoms with van der Waals surface area (Å²) in [6.45, 7) is 1.05. The molecule has 0 bridgehead atoms. The van der Waals surface area contributed by atoms with Crippen LogP contribution in [0.3, 0.4) is 0 Å². The van der Waals surface area contributed by atoms with Gasteiger partial charge in [-0.05, 0) is 6.42 Å². The van der Waals surface area contributed by atoms with Crippen LogP contribution in [0, 0.1) is 5.92 Å². The molecule has 11 heavy (non-hydrogen) atoms. The molecule has 0 saturated carbocycles. The lowest BCUT2D eigenvalue weighted by Gasteiger charge is -2.06. The van der Waals surface area contributed by atoms with Crippen LogP contribution >= 0.6 is 24.0 Å². The zero-order valence-electron chi connectivity index (χ0n) is 6.63. The van der Waals surface area contributed by atoms with E-state index in [0.717, 1.165) is 23.2 Å². The highest BCUT2D eigenvalue weighted by Crippen LogP contribution is 2.16. The molecular weight excluding hydrogens is 178 g/mol. The third-order valence-electron chi connectivity index (χ3n) is 1.68. The standard InChI is InChI=1S/C7H13NOS2/c1-9-5-11-4-6-2-3-8-7(6)10/h6H,2-5H2,1H3,(H,8,10). The monoisotopic (exact) mass is 191 g/mol. The number of nitrogens with one attached hydrogen (secondary N) is 1. The maximum absolute atomic E-state index is 5.12.